The van der Waals surface area contributed by atoms with Gasteiger partial charge in [-0.15, -0.1) is 0 Å². The normalized spacial score (nSPS) is 21.8. The lowest BCUT2D eigenvalue weighted by atomic mass is 9.82. The van der Waals surface area contributed by atoms with Gasteiger partial charge in [0.25, 0.3) is 0 Å². The zero-order valence-electron chi connectivity index (χ0n) is 23.2. The zero-order valence-corrected chi connectivity index (χ0v) is 23.2. The molecule has 3 aromatic carbocycles. The molecule has 6 rings (SSSR count). The molecule has 3 aliphatic heterocycles. The number of hydrogen-bond acceptors (Lipinski definition) is 6. The SMILES string of the molecule is CN(c1ccccc1)C(C(=O)O[C@H]1C[N+]2(CC(=O)c3ccccc3)CCC1CC2)c1ccccc1.O=C([O-])C(F)(F)F. The molecule has 3 saturated heterocycles. The molecule has 3 fully saturated rings. The van der Waals surface area contributed by atoms with Gasteiger partial charge in [0.2, 0.25) is 5.78 Å². The minimum Gasteiger partial charge on any atom is -0.542 e. The Balaban J connectivity index is 0.000000517. The molecular formula is C32H33F3N2O5. The van der Waals surface area contributed by atoms with Gasteiger partial charge in [0.15, 0.2) is 12.1 Å². The van der Waals surface area contributed by atoms with Crippen molar-refractivity contribution in [1.82, 2.24) is 0 Å². The van der Waals surface area contributed by atoms with E-state index in [-0.39, 0.29) is 17.9 Å². The Labute approximate surface area is 242 Å². The molecule has 3 heterocycles. The van der Waals surface area contributed by atoms with E-state index in [1.54, 1.807) is 0 Å². The van der Waals surface area contributed by atoms with Crippen molar-refractivity contribution in [2.24, 2.45) is 5.92 Å². The second-order valence-corrected chi connectivity index (χ2v) is 10.8. The first-order chi connectivity index (χ1) is 20.0. The molecule has 42 heavy (non-hydrogen) atoms. The lowest BCUT2D eigenvalue weighted by molar-refractivity contribution is -0.938. The number of hydrogen-bond donors (Lipinski definition) is 0. The maximum absolute atomic E-state index is 13.7. The first-order valence-corrected chi connectivity index (χ1v) is 13.7. The number of likely N-dealkylation sites (N-methyl/N-ethyl adjacent to an activating group) is 1. The number of esters is 1. The molecule has 1 unspecified atom stereocenters. The van der Waals surface area contributed by atoms with Crippen molar-refractivity contribution in [2.45, 2.75) is 31.2 Å². The summed E-state index contributed by atoms with van der Waals surface area (Å²) in [5.74, 6) is -2.70. The Morgan fingerprint density at radius 1 is 0.905 bits per heavy atom. The second kappa shape index (κ2) is 13.2. The average Bonchev–Trinajstić information content (AvgIpc) is 2.99. The van der Waals surface area contributed by atoms with Crippen LogP contribution in [-0.4, -0.2) is 67.7 Å². The molecule has 2 atom stereocenters. The highest BCUT2D eigenvalue weighted by Crippen LogP contribution is 2.37. The standard InChI is InChI=1S/C30H33N2O3.C2HF3O2/c1-31(26-15-9-4-10-16-26)29(25-13-7-3-8-14-25)30(34)35-28-22-32(19-17-24(28)18-20-32)21-27(33)23-11-5-2-6-12-23;3-2(4,5)1(6)7/h2-16,24,28-29H,17-22H2,1H3;(H,6,7)/q+1;/p-1/t24?,28-,29?,32?;/m0./s1. The van der Waals surface area contributed by atoms with Crippen molar-refractivity contribution >= 4 is 23.4 Å². The highest BCUT2D eigenvalue weighted by molar-refractivity contribution is 5.97. The summed E-state index contributed by atoms with van der Waals surface area (Å²) < 4.78 is 38.6. The van der Waals surface area contributed by atoms with Gasteiger partial charge in [-0.1, -0.05) is 78.9 Å². The van der Waals surface area contributed by atoms with Gasteiger partial charge in [-0.25, -0.2) is 4.79 Å². The number of Topliss-reactive ketones (excluding diaryl/α,β-unsaturated/α-hetero) is 1. The Hall–Kier alpha value is -4.18. The summed E-state index contributed by atoms with van der Waals surface area (Å²) in [6.45, 7) is 3.13. The van der Waals surface area contributed by atoms with Crippen molar-refractivity contribution in [3.05, 3.63) is 102 Å². The van der Waals surface area contributed by atoms with Crippen LogP contribution in [0.5, 0.6) is 0 Å². The van der Waals surface area contributed by atoms with Crippen LogP contribution in [0.25, 0.3) is 0 Å². The topological polar surface area (TPSA) is 86.7 Å². The van der Waals surface area contributed by atoms with E-state index in [1.165, 1.54) is 0 Å². The van der Waals surface area contributed by atoms with Crippen LogP contribution in [0.1, 0.15) is 34.8 Å². The molecule has 0 spiro atoms. The summed E-state index contributed by atoms with van der Waals surface area (Å²) in [4.78, 5) is 37.5. The van der Waals surface area contributed by atoms with Crippen molar-refractivity contribution in [1.29, 1.82) is 0 Å². The van der Waals surface area contributed by atoms with Gasteiger partial charge in [-0.3, -0.25) is 4.79 Å². The summed E-state index contributed by atoms with van der Waals surface area (Å²) in [7, 11) is 1.94. The van der Waals surface area contributed by atoms with Crippen LogP contribution in [0.15, 0.2) is 91.0 Å². The van der Waals surface area contributed by atoms with E-state index in [4.69, 9.17) is 14.6 Å². The van der Waals surface area contributed by atoms with Crippen LogP contribution in [0.2, 0.25) is 0 Å². The second-order valence-electron chi connectivity index (χ2n) is 10.8. The van der Waals surface area contributed by atoms with Crippen LogP contribution in [0.3, 0.4) is 0 Å². The number of carbonyl (C=O) groups excluding carboxylic acids is 3. The molecule has 0 radical (unpaired) electrons. The van der Waals surface area contributed by atoms with Crippen molar-refractivity contribution in [2.75, 3.05) is 38.1 Å². The zero-order chi connectivity index (χ0) is 30.3. The van der Waals surface area contributed by atoms with E-state index in [0.717, 1.165) is 42.7 Å². The summed E-state index contributed by atoms with van der Waals surface area (Å²) in [6, 6.07) is 28.8. The number of ether oxygens (including phenoxy) is 1. The predicted octanol–water partition coefficient (Wildman–Crippen LogP) is 4.20. The van der Waals surface area contributed by atoms with Gasteiger partial charge in [0.1, 0.15) is 19.1 Å². The number of nitrogens with zero attached hydrogens (tertiary/aromatic N) is 2. The van der Waals surface area contributed by atoms with Gasteiger partial charge in [0.05, 0.1) is 13.1 Å². The van der Waals surface area contributed by atoms with Crippen LogP contribution in [0, 0.1) is 5.92 Å². The monoisotopic (exact) mass is 582 g/mol. The van der Waals surface area contributed by atoms with E-state index in [2.05, 4.69) is 0 Å². The Morgan fingerprint density at radius 3 is 1.93 bits per heavy atom. The third-order valence-corrected chi connectivity index (χ3v) is 8.00. The van der Waals surface area contributed by atoms with E-state index >= 15 is 0 Å². The lowest BCUT2D eigenvalue weighted by Gasteiger charge is -2.51. The van der Waals surface area contributed by atoms with E-state index in [9.17, 15) is 22.8 Å². The summed E-state index contributed by atoms with van der Waals surface area (Å²) in [5.41, 5.74) is 2.63. The molecule has 0 saturated carbocycles. The molecule has 10 heteroatoms. The fourth-order valence-electron chi connectivity index (χ4n) is 5.78. The predicted molar refractivity (Wildman–Crippen MR) is 148 cm³/mol. The van der Waals surface area contributed by atoms with Gasteiger partial charge in [-0.2, -0.15) is 13.2 Å². The number of aliphatic carboxylic acids is 1. The molecule has 222 valence electrons. The van der Waals surface area contributed by atoms with E-state index < -0.39 is 18.2 Å². The number of anilines is 1. The van der Waals surface area contributed by atoms with Gasteiger partial charge >= 0.3 is 12.1 Å². The number of alkyl halides is 3. The van der Waals surface area contributed by atoms with Gasteiger partial charge in [-0.05, 0) is 17.7 Å². The van der Waals surface area contributed by atoms with Crippen LogP contribution < -0.4 is 10.0 Å². The quantitative estimate of drug-likeness (QED) is 0.225. The maximum Gasteiger partial charge on any atom is 0.430 e. The number of rotatable bonds is 8. The van der Waals surface area contributed by atoms with Crippen molar-refractivity contribution in [3.8, 4) is 0 Å². The van der Waals surface area contributed by atoms with Crippen molar-refractivity contribution < 1.29 is 41.9 Å². The van der Waals surface area contributed by atoms with Gasteiger partial charge < -0.3 is 24.0 Å². The molecule has 0 N–H and O–H groups in total. The van der Waals surface area contributed by atoms with E-state index in [1.807, 2.05) is 103 Å². The highest BCUT2D eigenvalue weighted by atomic mass is 19.4. The number of piperidine rings is 3. The molecule has 0 aliphatic carbocycles. The van der Waals surface area contributed by atoms with Crippen LogP contribution in [0.4, 0.5) is 18.9 Å². The smallest absolute Gasteiger partial charge is 0.430 e. The summed E-state index contributed by atoms with van der Waals surface area (Å²) in [5, 5.41) is 8.78. The van der Waals surface area contributed by atoms with Gasteiger partial charge in [0, 0.05) is 37.1 Å². The number of quaternary nitrogens is 1. The van der Waals surface area contributed by atoms with Crippen LogP contribution in [-0.2, 0) is 14.3 Å². The summed E-state index contributed by atoms with van der Waals surface area (Å²) in [6.07, 6.45) is -3.38. The first kappa shape index (κ1) is 30.8. The number of ketones is 1. The fraction of sp³-hybridized carbons (Fsp3) is 0.344. The number of carboxylic acids is 1. The minimum absolute atomic E-state index is 0.163. The molecule has 2 bridgehead atoms. The van der Waals surface area contributed by atoms with E-state index in [0.29, 0.717) is 23.5 Å². The van der Waals surface area contributed by atoms with Crippen LogP contribution >= 0.6 is 0 Å². The Kier molecular flexibility index (Phi) is 9.67. The molecule has 0 aromatic heterocycles. The number of carbonyl (C=O) groups is 3. The highest BCUT2D eigenvalue weighted by Gasteiger charge is 2.49. The fourth-order valence-corrected chi connectivity index (χ4v) is 5.78. The molecule has 3 aliphatic rings. The minimum atomic E-state index is -5.19. The third-order valence-electron chi connectivity index (χ3n) is 8.00. The largest absolute Gasteiger partial charge is 0.542 e. The lowest BCUT2D eigenvalue weighted by Crippen LogP contribution is -2.65. The summed E-state index contributed by atoms with van der Waals surface area (Å²) >= 11 is 0. The number of para-hydroxylation sites is 1. The molecule has 3 aromatic rings. The first-order valence-electron chi connectivity index (χ1n) is 13.7. The number of benzene rings is 3. The third kappa shape index (κ3) is 7.55. The Bertz CT molecular complexity index is 1340. The molecular weight excluding hydrogens is 549 g/mol. The maximum atomic E-state index is 13.7. The van der Waals surface area contributed by atoms with Crippen molar-refractivity contribution in [3.63, 3.8) is 0 Å². The molecule has 0 amide bonds. The molecule has 7 nitrogen and oxygen atoms in total. The number of fused-ring (bicyclic) bond motifs is 3. The number of halogens is 3. The number of carboxylic acid groups (broad SMARTS) is 1. The Morgan fingerprint density at radius 2 is 1.40 bits per heavy atom. The average molecular weight is 583 g/mol.